The zero-order chi connectivity index (χ0) is 35.5. The Morgan fingerprint density at radius 3 is 0.476 bits per heavy atom. The first-order valence-corrected chi connectivity index (χ1v) is 15.0. The predicted octanol–water partition coefficient (Wildman–Crippen LogP) is 2.92. The summed E-state index contributed by atoms with van der Waals surface area (Å²) in [7, 11) is 0. The van der Waals surface area contributed by atoms with Gasteiger partial charge in [0.25, 0.3) is 0 Å². The van der Waals surface area contributed by atoms with Crippen LogP contribution in [0, 0.1) is 0 Å². The normalized spacial score (nSPS) is 12.0. The number of hydrogen-bond acceptors (Lipinski definition) is 12. The van der Waals surface area contributed by atoms with Crippen molar-refractivity contribution in [2.75, 3.05) is 0 Å². The zero-order valence-electron chi connectivity index (χ0n) is 28.9. The van der Waals surface area contributed by atoms with Crippen molar-refractivity contribution in [1.29, 1.82) is 0 Å². The number of hydrogen-bond donors (Lipinski definition) is 12. The molecule has 0 heterocycles. The van der Waals surface area contributed by atoms with Crippen molar-refractivity contribution in [2.45, 2.75) is 195 Å². The minimum absolute atomic E-state index is 0.382. The molecule has 0 unspecified atom stereocenters. The zero-order valence-corrected chi connectivity index (χ0v) is 28.9. The van der Waals surface area contributed by atoms with Crippen molar-refractivity contribution in [1.82, 2.24) is 0 Å². The maximum Gasteiger partial charge on any atom is 0.159 e. The molecular weight excluding hydrogens is 552 g/mol. The molecule has 0 radical (unpaired) electrons. The van der Waals surface area contributed by atoms with E-state index in [1.54, 1.807) is 13.8 Å². The van der Waals surface area contributed by atoms with Crippen LogP contribution in [0.1, 0.15) is 160 Å². The van der Waals surface area contributed by atoms with E-state index in [1.165, 1.54) is 41.5 Å². The van der Waals surface area contributed by atoms with E-state index in [2.05, 4.69) is 0 Å². The Morgan fingerprint density at radius 1 is 0.286 bits per heavy atom. The summed E-state index contributed by atoms with van der Waals surface area (Å²) in [5.41, 5.74) is 0. The second kappa shape index (κ2) is 28.0. The number of aliphatic hydroxyl groups is 12. The second-order valence-corrected chi connectivity index (χ2v) is 11.7. The Kier molecular flexibility index (Phi) is 36.1. The highest BCUT2D eigenvalue weighted by Gasteiger charge is 2.13. The van der Waals surface area contributed by atoms with Gasteiger partial charge < -0.3 is 61.3 Å². The fourth-order valence-corrected chi connectivity index (χ4v) is 1.97. The lowest BCUT2D eigenvalue weighted by Gasteiger charge is -2.13. The van der Waals surface area contributed by atoms with Crippen LogP contribution < -0.4 is 0 Å². The summed E-state index contributed by atoms with van der Waals surface area (Å²) in [6.45, 7) is 19.6. The molecule has 264 valence electrons. The second-order valence-electron chi connectivity index (χ2n) is 11.7. The highest BCUT2D eigenvalue weighted by atomic mass is 16.5. The first kappa shape index (κ1) is 54.0. The highest BCUT2D eigenvalue weighted by Crippen LogP contribution is 2.09. The van der Waals surface area contributed by atoms with Gasteiger partial charge in [-0.05, 0) is 67.2 Å². The monoisotopic (exact) mass is 625 g/mol. The molecule has 0 spiro atoms. The van der Waals surface area contributed by atoms with Crippen LogP contribution >= 0.6 is 0 Å². The Balaban J connectivity index is -0.0000000929. The van der Waals surface area contributed by atoms with E-state index in [1.807, 2.05) is 27.7 Å². The third kappa shape index (κ3) is 106. The Labute approximate surface area is 256 Å². The van der Waals surface area contributed by atoms with Crippen LogP contribution in [0.3, 0.4) is 0 Å². The summed E-state index contributed by atoms with van der Waals surface area (Å²) in [6.07, 6.45) is 8.01. The molecule has 0 aliphatic heterocycles. The van der Waals surface area contributed by atoms with E-state index in [4.69, 9.17) is 61.3 Å². The standard InChI is InChI=1S/2C6H14O2.2C5H12O2.2C4H10O2/c2*1-3-4-5-6(2,7)8;2*1-3-4-5(2,6)7;2*1-3-4(2,5)6/h2*7-8H,3-5H2,1-2H3;2*6-7H,3-4H2,1-2H3;2*5-6H,3H2,1-2H3. The van der Waals surface area contributed by atoms with Gasteiger partial charge in [-0.3, -0.25) is 0 Å². The fourth-order valence-electron chi connectivity index (χ4n) is 1.97. The Hall–Kier alpha value is -0.480. The van der Waals surface area contributed by atoms with E-state index >= 15 is 0 Å². The van der Waals surface area contributed by atoms with Gasteiger partial charge in [0.05, 0.1) is 0 Å². The van der Waals surface area contributed by atoms with Gasteiger partial charge in [-0.2, -0.15) is 0 Å². The molecule has 0 amide bonds. The molecule has 0 aromatic rings. The number of rotatable bonds is 12. The SMILES string of the molecule is CCC(C)(O)O.CCC(C)(O)O.CCCC(C)(O)O.CCCC(C)(O)O.CCCCC(C)(O)O.CCCCC(C)(O)O. The van der Waals surface area contributed by atoms with Gasteiger partial charge >= 0.3 is 0 Å². The van der Waals surface area contributed by atoms with E-state index in [0.717, 1.165) is 38.5 Å². The molecule has 12 N–H and O–H groups in total. The van der Waals surface area contributed by atoms with Crippen molar-refractivity contribution in [3.63, 3.8) is 0 Å². The Bertz CT molecular complexity index is 467. The molecule has 0 saturated carbocycles. The largest absolute Gasteiger partial charge is 0.366 e. The smallest absolute Gasteiger partial charge is 0.159 e. The van der Waals surface area contributed by atoms with Gasteiger partial charge in [-0.1, -0.05) is 67.2 Å². The van der Waals surface area contributed by atoms with E-state index in [0.29, 0.717) is 38.5 Å². The Morgan fingerprint density at radius 2 is 0.452 bits per heavy atom. The molecule has 0 rings (SSSR count). The van der Waals surface area contributed by atoms with Crippen LogP contribution in [0.25, 0.3) is 0 Å². The molecule has 0 aromatic heterocycles. The van der Waals surface area contributed by atoms with Gasteiger partial charge in [-0.15, -0.1) is 0 Å². The summed E-state index contributed by atoms with van der Waals surface area (Å²) in [5, 5.41) is 103. The summed E-state index contributed by atoms with van der Waals surface area (Å²) >= 11 is 0. The van der Waals surface area contributed by atoms with Crippen LogP contribution in [0.5, 0.6) is 0 Å². The molecule has 0 aliphatic rings. The van der Waals surface area contributed by atoms with Gasteiger partial charge in [0.2, 0.25) is 0 Å². The van der Waals surface area contributed by atoms with Crippen molar-refractivity contribution in [2.24, 2.45) is 0 Å². The third-order valence-electron chi connectivity index (χ3n) is 4.79. The lowest BCUT2D eigenvalue weighted by molar-refractivity contribution is -0.150. The minimum Gasteiger partial charge on any atom is -0.366 e. The van der Waals surface area contributed by atoms with E-state index in [9.17, 15) is 0 Å². The lowest BCUT2D eigenvalue weighted by atomic mass is 10.1. The molecule has 0 bridgehead atoms. The maximum absolute atomic E-state index is 8.70. The van der Waals surface area contributed by atoms with Crippen molar-refractivity contribution >= 4 is 0 Å². The minimum atomic E-state index is -1.46. The van der Waals surface area contributed by atoms with Gasteiger partial charge in [0.15, 0.2) is 34.7 Å². The summed E-state index contributed by atoms with van der Waals surface area (Å²) < 4.78 is 0. The number of unbranched alkanes of at least 4 members (excludes halogenated alkanes) is 2. The van der Waals surface area contributed by atoms with E-state index < -0.39 is 34.7 Å². The molecule has 0 fully saturated rings. The van der Waals surface area contributed by atoms with Crippen molar-refractivity contribution in [3.8, 4) is 0 Å². The van der Waals surface area contributed by atoms with Gasteiger partial charge in [-0.25, -0.2) is 0 Å². The molecule has 0 atom stereocenters. The first-order valence-electron chi connectivity index (χ1n) is 15.0. The topological polar surface area (TPSA) is 243 Å². The van der Waals surface area contributed by atoms with E-state index in [-0.39, 0.29) is 0 Å². The highest BCUT2D eigenvalue weighted by molar-refractivity contribution is 4.55. The molecule has 0 saturated heterocycles. The van der Waals surface area contributed by atoms with Crippen molar-refractivity contribution in [3.05, 3.63) is 0 Å². The molecule has 12 nitrogen and oxygen atoms in total. The van der Waals surface area contributed by atoms with Crippen LogP contribution in [0.15, 0.2) is 0 Å². The molecule has 12 heteroatoms. The van der Waals surface area contributed by atoms with Crippen LogP contribution in [-0.4, -0.2) is 96.0 Å². The summed E-state index contributed by atoms with van der Waals surface area (Å²) in [6, 6.07) is 0. The first-order chi connectivity index (χ1) is 18.4. The third-order valence-corrected chi connectivity index (χ3v) is 4.79. The van der Waals surface area contributed by atoms with Crippen LogP contribution in [0.4, 0.5) is 0 Å². The average molecular weight is 625 g/mol. The maximum atomic E-state index is 8.70. The quantitative estimate of drug-likeness (QED) is 0.140. The summed E-state index contributed by atoms with van der Waals surface area (Å²) in [4.78, 5) is 0. The molecule has 0 aromatic carbocycles. The van der Waals surface area contributed by atoms with Gasteiger partial charge in [0.1, 0.15) is 0 Å². The summed E-state index contributed by atoms with van der Waals surface area (Å²) in [5.74, 6) is -8.71. The molecule has 42 heavy (non-hydrogen) atoms. The fraction of sp³-hybridized carbons (Fsp3) is 1.00. The average Bonchev–Trinajstić information content (AvgIpc) is 2.75. The van der Waals surface area contributed by atoms with Crippen LogP contribution in [0.2, 0.25) is 0 Å². The lowest BCUT2D eigenvalue weighted by Crippen LogP contribution is -2.22. The van der Waals surface area contributed by atoms with Crippen molar-refractivity contribution < 1.29 is 61.3 Å². The van der Waals surface area contributed by atoms with Gasteiger partial charge in [0, 0.05) is 25.7 Å². The molecular formula is C30H72O12. The predicted molar refractivity (Wildman–Crippen MR) is 167 cm³/mol. The van der Waals surface area contributed by atoms with Crippen LogP contribution in [-0.2, 0) is 0 Å². The molecule has 0 aliphatic carbocycles.